The van der Waals surface area contributed by atoms with Crippen molar-refractivity contribution in [3.8, 4) is 0 Å². The maximum Gasteiger partial charge on any atom is 0.251 e. The van der Waals surface area contributed by atoms with Gasteiger partial charge in [0.05, 0.1) is 0 Å². The molecular formula is C24H34N2O2. The number of hydrogen-bond acceptors (Lipinski definition) is 2. The van der Waals surface area contributed by atoms with Crippen LogP contribution >= 0.6 is 0 Å². The fraction of sp³-hybridized carbons (Fsp3) is 0.667. The number of hydrogen-bond donors (Lipinski definition) is 2. The van der Waals surface area contributed by atoms with Crippen LogP contribution in [0.5, 0.6) is 0 Å². The summed E-state index contributed by atoms with van der Waals surface area (Å²) in [5.41, 5.74) is 0.866. The van der Waals surface area contributed by atoms with Crippen molar-refractivity contribution in [1.29, 1.82) is 0 Å². The van der Waals surface area contributed by atoms with E-state index in [1.807, 2.05) is 32.0 Å². The predicted octanol–water partition coefficient (Wildman–Crippen LogP) is 4.16. The molecule has 0 radical (unpaired) electrons. The van der Waals surface area contributed by atoms with Gasteiger partial charge in [0.15, 0.2) is 0 Å². The Bertz CT molecular complexity index is 692. The smallest absolute Gasteiger partial charge is 0.251 e. The first-order chi connectivity index (χ1) is 13.4. The lowest BCUT2D eigenvalue weighted by Gasteiger charge is -2.59. The number of rotatable bonds is 6. The molecule has 0 heterocycles. The molecule has 4 aliphatic rings. The van der Waals surface area contributed by atoms with Crippen molar-refractivity contribution in [3.05, 3.63) is 35.9 Å². The quantitative estimate of drug-likeness (QED) is 0.776. The highest BCUT2D eigenvalue weighted by molar-refractivity contribution is 5.97. The highest BCUT2D eigenvalue weighted by atomic mass is 16.2. The van der Waals surface area contributed by atoms with E-state index in [0.717, 1.165) is 17.8 Å². The Morgan fingerprint density at radius 2 is 1.43 bits per heavy atom. The number of benzene rings is 1. The van der Waals surface area contributed by atoms with Gasteiger partial charge in [-0.05, 0) is 86.7 Å². The lowest BCUT2D eigenvalue weighted by atomic mass is 9.48. The second-order valence-electron chi connectivity index (χ2n) is 10.1. The largest absolute Gasteiger partial charge is 0.351 e. The Morgan fingerprint density at radius 3 is 1.93 bits per heavy atom. The number of amides is 2. The number of carbonyl (C=O) groups is 2. The van der Waals surface area contributed by atoms with Gasteiger partial charge < -0.3 is 10.6 Å². The zero-order valence-corrected chi connectivity index (χ0v) is 17.4. The topological polar surface area (TPSA) is 58.2 Å². The molecule has 0 aliphatic heterocycles. The summed E-state index contributed by atoms with van der Waals surface area (Å²) >= 11 is 0. The van der Waals surface area contributed by atoms with E-state index in [1.54, 1.807) is 12.1 Å². The molecule has 5 rings (SSSR count). The van der Waals surface area contributed by atoms with Gasteiger partial charge in [0.1, 0.15) is 6.04 Å². The van der Waals surface area contributed by atoms with Gasteiger partial charge in [-0.3, -0.25) is 9.59 Å². The molecule has 1 aromatic rings. The molecule has 2 amide bonds. The monoisotopic (exact) mass is 382 g/mol. The van der Waals surface area contributed by atoms with Gasteiger partial charge in [-0.15, -0.1) is 0 Å². The molecule has 0 aromatic heterocycles. The van der Waals surface area contributed by atoms with Crippen LogP contribution in [0.15, 0.2) is 30.3 Å². The molecule has 4 fully saturated rings. The van der Waals surface area contributed by atoms with Crippen LogP contribution < -0.4 is 10.6 Å². The second-order valence-corrected chi connectivity index (χ2v) is 10.1. The molecule has 2 N–H and O–H groups in total. The number of nitrogens with one attached hydrogen (secondary N) is 2. The van der Waals surface area contributed by atoms with E-state index in [-0.39, 0.29) is 29.2 Å². The summed E-state index contributed by atoms with van der Waals surface area (Å²) in [6.45, 7) is 6.18. The molecule has 4 nitrogen and oxygen atoms in total. The summed E-state index contributed by atoms with van der Waals surface area (Å²) in [5, 5.41) is 6.28. The highest BCUT2D eigenvalue weighted by Crippen LogP contribution is 2.61. The van der Waals surface area contributed by atoms with Crippen molar-refractivity contribution in [3.63, 3.8) is 0 Å². The zero-order valence-electron chi connectivity index (χ0n) is 17.4. The highest BCUT2D eigenvalue weighted by Gasteiger charge is 2.53. The van der Waals surface area contributed by atoms with Crippen LogP contribution in [-0.4, -0.2) is 23.9 Å². The molecule has 152 valence electrons. The molecule has 4 aliphatic carbocycles. The van der Waals surface area contributed by atoms with E-state index in [2.05, 4.69) is 17.6 Å². The fourth-order valence-corrected chi connectivity index (χ4v) is 6.51. The van der Waals surface area contributed by atoms with Crippen molar-refractivity contribution < 1.29 is 9.59 Å². The van der Waals surface area contributed by atoms with Crippen LogP contribution in [0, 0.1) is 29.1 Å². The molecule has 4 heteroatoms. The standard InChI is InChI=1S/C24H34N2O2/c1-15(2)21(26-22(27)20-7-5-4-6-8-20)23(28)25-16(3)24-12-17-9-18(13-24)11-19(10-17)14-24/h4-8,15-19,21H,9-14H2,1-3H3,(H,25,28)(H,26,27)/t16-,17?,18?,19?,21-,24?/m0/s1. The van der Waals surface area contributed by atoms with Gasteiger partial charge in [-0.25, -0.2) is 0 Å². The maximum atomic E-state index is 13.1. The van der Waals surface area contributed by atoms with Crippen molar-refractivity contribution in [2.45, 2.75) is 71.4 Å². The fourth-order valence-electron chi connectivity index (χ4n) is 6.51. The molecule has 0 unspecified atom stereocenters. The lowest BCUT2D eigenvalue weighted by molar-refractivity contribution is -0.128. The molecule has 0 spiro atoms. The Kier molecular flexibility index (Phi) is 5.24. The van der Waals surface area contributed by atoms with Crippen LogP contribution in [0.4, 0.5) is 0 Å². The minimum absolute atomic E-state index is 0.0382. The Hall–Kier alpha value is -1.84. The van der Waals surface area contributed by atoms with Crippen LogP contribution in [0.3, 0.4) is 0 Å². The molecular weight excluding hydrogens is 348 g/mol. The molecule has 28 heavy (non-hydrogen) atoms. The van der Waals surface area contributed by atoms with Gasteiger partial charge in [-0.1, -0.05) is 32.0 Å². The van der Waals surface area contributed by atoms with Crippen LogP contribution in [0.2, 0.25) is 0 Å². The third-order valence-electron chi connectivity index (χ3n) is 7.63. The van der Waals surface area contributed by atoms with Gasteiger partial charge in [0, 0.05) is 11.6 Å². The van der Waals surface area contributed by atoms with E-state index in [4.69, 9.17) is 0 Å². The average molecular weight is 383 g/mol. The lowest BCUT2D eigenvalue weighted by Crippen LogP contribution is -2.59. The van der Waals surface area contributed by atoms with Crippen molar-refractivity contribution in [2.75, 3.05) is 0 Å². The summed E-state index contributed by atoms with van der Waals surface area (Å²) in [6, 6.07) is 8.79. The third-order valence-corrected chi connectivity index (χ3v) is 7.63. The van der Waals surface area contributed by atoms with Crippen LogP contribution in [0.1, 0.15) is 69.7 Å². The van der Waals surface area contributed by atoms with Gasteiger partial charge >= 0.3 is 0 Å². The maximum absolute atomic E-state index is 13.1. The first-order valence-electron chi connectivity index (χ1n) is 11.0. The van der Waals surface area contributed by atoms with E-state index < -0.39 is 6.04 Å². The molecule has 2 atom stereocenters. The second kappa shape index (κ2) is 7.53. The molecule has 0 saturated heterocycles. The van der Waals surface area contributed by atoms with Crippen LogP contribution in [-0.2, 0) is 4.79 Å². The summed E-state index contributed by atoms with van der Waals surface area (Å²) in [4.78, 5) is 25.7. The first kappa shape index (κ1) is 19.5. The Balaban J connectivity index is 1.42. The van der Waals surface area contributed by atoms with E-state index in [0.29, 0.717) is 5.56 Å². The zero-order chi connectivity index (χ0) is 19.9. The average Bonchev–Trinajstić information content (AvgIpc) is 2.65. The summed E-state index contributed by atoms with van der Waals surface area (Å²) in [5.74, 6) is 2.41. The van der Waals surface area contributed by atoms with Gasteiger partial charge in [-0.2, -0.15) is 0 Å². The Morgan fingerprint density at radius 1 is 0.893 bits per heavy atom. The van der Waals surface area contributed by atoms with Gasteiger partial charge in [0.25, 0.3) is 5.91 Å². The molecule has 4 bridgehead atoms. The summed E-state index contributed by atoms with van der Waals surface area (Å²) in [7, 11) is 0. The van der Waals surface area contributed by atoms with Crippen LogP contribution in [0.25, 0.3) is 0 Å². The number of carbonyl (C=O) groups excluding carboxylic acids is 2. The predicted molar refractivity (Wildman–Crippen MR) is 111 cm³/mol. The first-order valence-corrected chi connectivity index (χ1v) is 11.0. The van der Waals surface area contributed by atoms with E-state index in [1.165, 1.54) is 38.5 Å². The normalized spacial score (nSPS) is 32.8. The molecule has 1 aromatic carbocycles. The van der Waals surface area contributed by atoms with Crippen molar-refractivity contribution in [1.82, 2.24) is 10.6 Å². The summed E-state index contributed by atoms with van der Waals surface area (Å²) < 4.78 is 0. The minimum atomic E-state index is -0.510. The van der Waals surface area contributed by atoms with Crippen molar-refractivity contribution >= 4 is 11.8 Å². The van der Waals surface area contributed by atoms with E-state index >= 15 is 0 Å². The van der Waals surface area contributed by atoms with Crippen molar-refractivity contribution in [2.24, 2.45) is 29.1 Å². The van der Waals surface area contributed by atoms with E-state index in [9.17, 15) is 9.59 Å². The SMILES string of the molecule is CC(C)[C@H](NC(=O)c1ccccc1)C(=O)N[C@@H](C)C12CC3CC(CC(C3)C1)C2. The Labute approximate surface area is 168 Å². The van der Waals surface area contributed by atoms with Gasteiger partial charge in [0.2, 0.25) is 5.91 Å². The minimum Gasteiger partial charge on any atom is -0.351 e. The summed E-state index contributed by atoms with van der Waals surface area (Å²) in [6.07, 6.45) is 8.01. The third kappa shape index (κ3) is 3.70. The molecule has 4 saturated carbocycles.